The van der Waals surface area contributed by atoms with E-state index in [1.165, 1.54) is 11.3 Å². The number of carbonyl (C=O) groups excluding carboxylic acids is 2. The first-order chi connectivity index (χ1) is 10.5. The van der Waals surface area contributed by atoms with E-state index in [0.29, 0.717) is 17.1 Å². The van der Waals surface area contributed by atoms with Crippen molar-refractivity contribution in [3.8, 4) is 0 Å². The van der Waals surface area contributed by atoms with Gasteiger partial charge in [-0.1, -0.05) is 6.07 Å². The van der Waals surface area contributed by atoms with E-state index in [1.54, 1.807) is 23.1 Å². The van der Waals surface area contributed by atoms with Crippen LogP contribution in [0.4, 0.5) is 10.8 Å². The third-order valence-electron chi connectivity index (χ3n) is 3.74. The molecule has 0 bridgehead atoms. The summed E-state index contributed by atoms with van der Waals surface area (Å²) in [6.45, 7) is 4.61. The third-order valence-corrected chi connectivity index (χ3v) is 4.73. The fraction of sp³-hybridized carbons (Fsp3) is 0.312. The van der Waals surface area contributed by atoms with E-state index in [2.05, 4.69) is 10.3 Å². The van der Waals surface area contributed by atoms with Crippen molar-refractivity contribution in [2.24, 2.45) is 0 Å². The Hall–Kier alpha value is -2.21. The number of benzene rings is 1. The Kier molecular flexibility index (Phi) is 3.94. The number of carbonyl (C=O) groups is 2. The lowest BCUT2D eigenvalue weighted by molar-refractivity contribution is -0.117. The Bertz CT molecular complexity index is 719. The van der Waals surface area contributed by atoms with Crippen molar-refractivity contribution < 1.29 is 9.59 Å². The summed E-state index contributed by atoms with van der Waals surface area (Å²) in [6.07, 6.45) is 1.45. The van der Waals surface area contributed by atoms with Crippen LogP contribution in [0.3, 0.4) is 0 Å². The lowest BCUT2D eigenvalue weighted by atomic mass is 10.2. The summed E-state index contributed by atoms with van der Waals surface area (Å²) in [5.74, 6) is -0.0917. The van der Waals surface area contributed by atoms with Gasteiger partial charge in [0, 0.05) is 29.1 Å². The molecule has 2 heterocycles. The quantitative estimate of drug-likeness (QED) is 0.946. The van der Waals surface area contributed by atoms with Gasteiger partial charge in [0.2, 0.25) is 5.91 Å². The fourth-order valence-corrected chi connectivity index (χ4v) is 3.24. The van der Waals surface area contributed by atoms with Crippen LogP contribution in [-0.2, 0) is 4.79 Å². The van der Waals surface area contributed by atoms with Gasteiger partial charge in [-0.15, -0.1) is 11.3 Å². The van der Waals surface area contributed by atoms with Crippen LogP contribution in [0.2, 0.25) is 0 Å². The van der Waals surface area contributed by atoms with Gasteiger partial charge in [-0.05, 0) is 38.5 Å². The largest absolute Gasteiger partial charge is 0.312 e. The molecule has 1 aromatic carbocycles. The third kappa shape index (κ3) is 2.87. The summed E-state index contributed by atoms with van der Waals surface area (Å²) in [4.78, 5) is 31.3. The van der Waals surface area contributed by atoms with Gasteiger partial charge in [0.15, 0.2) is 5.13 Å². The Labute approximate surface area is 133 Å². The average Bonchev–Trinajstić information content (AvgIpc) is 3.05. The molecule has 1 saturated heterocycles. The van der Waals surface area contributed by atoms with Crippen LogP contribution in [0, 0.1) is 13.8 Å². The lowest BCUT2D eigenvalue weighted by Gasteiger charge is -2.16. The van der Waals surface area contributed by atoms with Crippen molar-refractivity contribution in [2.45, 2.75) is 26.7 Å². The molecule has 0 spiro atoms. The van der Waals surface area contributed by atoms with Crippen molar-refractivity contribution in [1.82, 2.24) is 4.98 Å². The first-order valence-corrected chi connectivity index (χ1v) is 8.02. The number of rotatable bonds is 3. The molecule has 1 N–H and O–H groups in total. The van der Waals surface area contributed by atoms with E-state index in [9.17, 15) is 9.59 Å². The zero-order valence-corrected chi connectivity index (χ0v) is 13.4. The summed E-state index contributed by atoms with van der Waals surface area (Å²) in [5, 5.41) is 3.41. The monoisotopic (exact) mass is 315 g/mol. The molecule has 0 atom stereocenters. The zero-order valence-electron chi connectivity index (χ0n) is 12.5. The summed E-state index contributed by atoms with van der Waals surface area (Å²) in [6, 6.07) is 7.16. The Morgan fingerprint density at radius 2 is 2.18 bits per heavy atom. The molecule has 22 heavy (non-hydrogen) atoms. The smallest absolute Gasteiger partial charge is 0.257 e. The number of hydrogen-bond acceptors (Lipinski definition) is 4. The molecule has 5 nitrogen and oxygen atoms in total. The molecule has 2 aromatic rings. The van der Waals surface area contributed by atoms with E-state index >= 15 is 0 Å². The first kappa shape index (κ1) is 14.7. The van der Waals surface area contributed by atoms with Crippen LogP contribution in [0.1, 0.15) is 33.8 Å². The van der Waals surface area contributed by atoms with Gasteiger partial charge in [-0.3, -0.25) is 14.9 Å². The number of hydrogen-bond donors (Lipinski definition) is 1. The van der Waals surface area contributed by atoms with Crippen LogP contribution in [0.25, 0.3) is 0 Å². The standard InChI is InChI=1S/C16H17N3O2S/c1-10-11(2)22-16(17-10)18-15(21)12-5-3-6-13(9-12)19-8-4-7-14(19)20/h3,5-6,9H,4,7-8H2,1-2H3,(H,17,18,21). The Morgan fingerprint density at radius 3 is 2.82 bits per heavy atom. The number of thiazole rings is 1. The van der Waals surface area contributed by atoms with Gasteiger partial charge >= 0.3 is 0 Å². The summed E-state index contributed by atoms with van der Waals surface area (Å²) in [5.41, 5.74) is 2.24. The van der Waals surface area contributed by atoms with Gasteiger partial charge in [-0.2, -0.15) is 0 Å². The maximum absolute atomic E-state index is 12.3. The van der Waals surface area contributed by atoms with E-state index in [0.717, 1.165) is 29.2 Å². The lowest BCUT2D eigenvalue weighted by Crippen LogP contribution is -2.24. The minimum atomic E-state index is -0.206. The van der Waals surface area contributed by atoms with Crippen molar-refractivity contribution in [3.05, 3.63) is 40.4 Å². The minimum Gasteiger partial charge on any atom is -0.312 e. The van der Waals surface area contributed by atoms with Crippen LogP contribution < -0.4 is 10.2 Å². The van der Waals surface area contributed by atoms with Gasteiger partial charge in [-0.25, -0.2) is 4.98 Å². The van der Waals surface area contributed by atoms with E-state index in [1.807, 2.05) is 19.9 Å². The molecule has 1 aromatic heterocycles. The molecule has 0 unspecified atom stereocenters. The van der Waals surface area contributed by atoms with Crippen molar-refractivity contribution in [1.29, 1.82) is 0 Å². The molecular weight excluding hydrogens is 298 g/mol. The molecule has 0 saturated carbocycles. The second-order valence-corrected chi connectivity index (χ2v) is 6.52. The van der Waals surface area contributed by atoms with Crippen molar-refractivity contribution >= 4 is 34.0 Å². The second-order valence-electron chi connectivity index (χ2n) is 5.31. The molecule has 114 valence electrons. The Morgan fingerprint density at radius 1 is 1.36 bits per heavy atom. The average molecular weight is 315 g/mol. The molecule has 6 heteroatoms. The minimum absolute atomic E-state index is 0.115. The second kappa shape index (κ2) is 5.88. The zero-order chi connectivity index (χ0) is 15.7. The number of nitrogens with one attached hydrogen (secondary N) is 1. The number of amides is 2. The number of nitrogens with zero attached hydrogens (tertiary/aromatic N) is 2. The number of anilines is 2. The highest BCUT2D eigenvalue weighted by atomic mass is 32.1. The van der Waals surface area contributed by atoms with Crippen molar-refractivity contribution in [2.75, 3.05) is 16.8 Å². The number of aromatic nitrogens is 1. The molecule has 1 aliphatic rings. The highest BCUT2D eigenvalue weighted by Crippen LogP contribution is 2.24. The van der Waals surface area contributed by atoms with E-state index < -0.39 is 0 Å². The molecule has 0 aliphatic carbocycles. The maximum atomic E-state index is 12.3. The maximum Gasteiger partial charge on any atom is 0.257 e. The van der Waals surface area contributed by atoms with Crippen LogP contribution >= 0.6 is 11.3 Å². The fourth-order valence-electron chi connectivity index (χ4n) is 2.43. The van der Waals surface area contributed by atoms with Crippen LogP contribution in [-0.4, -0.2) is 23.3 Å². The molecule has 1 fully saturated rings. The van der Waals surface area contributed by atoms with Gasteiger partial charge < -0.3 is 4.90 Å². The highest BCUT2D eigenvalue weighted by molar-refractivity contribution is 7.15. The van der Waals surface area contributed by atoms with Crippen LogP contribution in [0.15, 0.2) is 24.3 Å². The highest BCUT2D eigenvalue weighted by Gasteiger charge is 2.22. The Balaban J connectivity index is 1.79. The molecule has 2 amide bonds. The molecule has 1 aliphatic heterocycles. The van der Waals surface area contributed by atoms with Crippen LogP contribution in [0.5, 0.6) is 0 Å². The topological polar surface area (TPSA) is 62.3 Å². The molecular formula is C16H17N3O2S. The van der Waals surface area contributed by atoms with E-state index in [-0.39, 0.29) is 11.8 Å². The summed E-state index contributed by atoms with van der Waals surface area (Å²) in [7, 11) is 0. The number of aryl methyl sites for hydroxylation is 2. The van der Waals surface area contributed by atoms with Crippen molar-refractivity contribution in [3.63, 3.8) is 0 Å². The van der Waals surface area contributed by atoms with Gasteiger partial charge in [0.1, 0.15) is 0 Å². The molecule has 3 rings (SSSR count). The first-order valence-electron chi connectivity index (χ1n) is 7.20. The summed E-state index contributed by atoms with van der Waals surface area (Å²) < 4.78 is 0. The predicted octanol–water partition coefficient (Wildman–Crippen LogP) is 3.14. The van der Waals surface area contributed by atoms with Gasteiger partial charge in [0.05, 0.1) is 5.69 Å². The normalized spacial score (nSPS) is 14.5. The molecule has 0 radical (unpaired) electrons. The SMILES string of the molecule is Cc1nc(NC(=O)c2cccc(N3CCCC3=O)c2)sc1C. The summed E-state index contributed by atoms with van der Waals surface area (Å²) >= 11 is 1.46. The predicted molar refractivity (Wildman–Crippen MR) is 87.6 cm³/mol. The van der Waals surface area contributed by atoms with E-state index in [4.69, 9.17) is 0 Å². The van der Waals surface area contributed by atoms with Gasteiger partial charge in [0.25, 0.3) is 5.91 Å².